The number of anilines is 2. The minimum Gasteiger partial charge on any atom is -0.478 e. The van der Waals surface area contributed by atoms with Crippen molar-refractivity contribution in [3.8, 4) is 0 Å². The zero-order chi connectivity index (χ0) is 15.1. The van der Waals surface area contributed by atoms with Crippen molar-refractivity contribution >= 4 is 17.3 Å². The molecule has 0 aliphatic carbocycles. The summed E-state index contributed by atoms with van der Waals surface area (Å²) in [4.78, 5) is 13.0. The highest BCUT2D eigenvalue weighted by atomic mass is 16.4. The van der Waals surface area contributed by atoms with E-state index < -0.39 is 5.97 Å². The van der Waals surface area contributed by atoms with E-state index in [9.17, 15) is 4.79 Å². The SMILES string of the molecule is CN(CCCNc1ccc(C(=O)O)cc1)c1ccccc1. The molecule has 4 heteroatoms. The molecule has 110 valence electrons. The molecule has 0 heterocycles. The van der Waals surface area contributed by atoms with E-state index in [0.29, 0.717) is 5.56 Å². The molecular weight excluding hydrogens is 264 g/mol. The van der Waals surface area contributed by atoms with Gasteiger partial charge in [-0.2, -0.15) is 0 Å². The molecule has 2 aromatic rings. The van der Waals surface area contributed by atoms with Crippen LogP contribution >= 0.6 is 0 Å². The first-order valence-electron chi connectivity index (χ1n) is 7.00. The molecule has 0 bridgehead atoms. The van der Waals surface area contributed by atoms with Crippen molar-refractivity contribution in [2.24, 2.45) is 0 Å². The Morgan fingerprint density at radius 1 is 1.10 bits per heavy atom. The number of para-hydroxylation sites is 1. The van der Waals surface area contributed by atoms with Crippen molar-refractivity contribution < 1.29 is 9.90 Å². The van der Waals surface area contributed by atoms with Crippen LogP contribution in [-0.2, 0) is 0 Å². The number of nitrogens with zero attached hydrogens (tertiary/aromatic N) is 1. The van der Waals surface area contributed by atoms with Gasteiger partial charge in [0.15, 0.2) is 0 Å². The lowest BCUT2D eigenvalue weighted by atomic mass is 10.2. The molecule has 0 fully saturated rings. The maximum atomic E-state index is 10.8. The van der Waals surface area contributed by atoms with Crippen molar-refractivity contribution in [1.82, 2.24) is 0 Å². The molecule has 0 spiro atoms. The van der Waals surface area contributed by atoms with E-state index in [1.54, 1.807) is 24.3 Å². The van der Waals surface area contributed by atoms with Crippen LogP contribution in [0.25, 0.3) is 0 Å². The molecular formula is C17H20N2O2. The summed E-state index contributed by atoms with van der Waals surface area (Å²) in [7, 11) is 2.08. The highest BCUT2D eigenvalue weighted by Gasteiger charge is 2.02. The Hall–Kier alpha value is -2.49. The van der Waals surface area contributed by atoms with Crippen molar-refractivity contribution in [3.63, 3.8) is 0 Å². The van der Waals surface area contributed by atoms with Crippen LogP contribution in [-0.4, -0.2) is 31.2 Å². The minimum absolute atomic E-state index is 0.310. The number of carboxylic acid groups (broad SMARTS) is 1. The molecule has 21 heavy (non-hydrogen) atoms. The number of hydrogen-bond acceptors (Lipinski definition) is 3. The van der Waals surface area contributed by atoms with E-state index in [1.807, 2.05) is 18.2 Å². The molecule has 0 aliphatic rings. The smallest absolute Gasteiger partial charge is 0.335 e. The highest BCUT2D eigenvalue weighted by Crippen LogP contribution is 2.12. The summed E-state index contributed by atoms with van der Waals surface area (Å²) in [5.74, 6) is -0.897. The average molecular weight is 284 g/mol. The molecule has 0 saturated carbocycles. The molecule has 0 atom stereocenters. The van der Waals surface area contributed by atoms with Crippen LogP contribution in [0, 0.1) is 0 Å². The zero-order valence-electron chi connectivity index (χ0n) is 12.1. The fourth-order valence-electron chi connectivity index (χ4n) is 2.09. The Balaban J connectivity index is 1.73. The van der Waals surface area contributed by atoms with E-state index >= 15 is 0 Å². The molecule has 2 aromatic carbocycles. The van der Waals surface area contributed by atoms with Gasteiger partial charge in [-0.1, -0.05) is 18.2 Å². The largest absolute Gasteiger partial charge is 0.478 e. The first kappa shape index (κ1) is 14.9. The molecule has 0 unspecified atom stereocenters. The fourth-order valence-corrected chi connectivity index (χ4v) is 2.09. The number of benzene rings is 2. The number of aromatic carboxylic acids is 1. The third kappa shape index (κ3) is 4.53. The van der Waals surface area contributed by atoms with Crippen LogP contribution in [0.5, 0.6) is 0 Å². The first-order valence-corrected chi connectivity index (χ1v) is 7.00. The second-order valence-electron chi connectivity index (χ2n) is 4.92. The van der Waals surface area contributed by atoms with Gasteiger partial charge in [-0.05, 0) is 42.8 Å². The Morgan fingerprint density at radius 2 is 1.76 bits per heavy atom. The monoisotopic (exact) mass is 284 g/mol. The van der Waals surface area contributed by atoms with Gasteiger partial charge in [0.25, 0.3) is 0 Å². The van der Waals surface area contributed by atoms with Crippen LogP contribution in [0.4, 0.5) is 11.4 Å². The van der Waals surface area contributed by atoms with Crippen molar-refractivity contribution in [1.29, 1.82) is 0 Å². The summed E-state index contributed by atoms with van der Waals surface area (Å²) < 4.78 is 0. The van der Waals surface area contributed by atoms with Crippen LogP contribution < -0.4 is 10.2 Å². The van der Waals surface area contributed by atoms with E-state index in [2.05, 4.69) is 29.4 Å². The predicted molar refractivity (Wildman–Crippen MR) is 86.2 cm³/mol. The van der Waals surface area contributed by atoms with Crippen LogP contribution in [0.3, 0.4) is 0 Å². The van der Waals surface area contributed by atoms with Crippen LogP contribution in [0.15, 0.2) is 54.6 Å². The Bertz CT molecular complexity index is 567. The number of rotatable bonds is 7. The lowest BCUT2D eigenvalue weighted by Gasteiger charge is -2.19. The van der Waals surface area contributed by atoms with Gasteiger partial charge in [0.1, 0.15) is 0 Å². The Kier molecular flexibility index (Phi) is 5.21. The first-order chi connectivity index (χ1) is 10.2. The van der Waals surface area contributed by atoms with E-state index in [4.69, 9.17) is 5.11 Å². The quantitative estimate of drug-likeness (QED) is 0.766. The van der Waals surface area contributed by atoms with E-state index in [-0.39, 0.29) is 0 Å². The number of hydrogen-bond donors (Lipinski definition) is 2. The fraction of sp³-hybridized carbons (Fsp3) is 0.235. The summed E-state index contributed by atoms with van der Waals surface area (Å²) in [5.41, 5.74) is 2.47. The van der Waals surface area contributed by atoms with Crippen molar-refractivity contribution in [2.45, 2.75) is 6.42 Å². The third-order valence-corrected chi connectivity index (χ3v) is 3.33. The second-order valence-corrected chi connectivity index (χ2v) is 4.92. The van der Waals surface area contributed by atoms with Crippen LogP contribution in [0.1, 0.15) is 16.8 Å². The molecule has 0 aromatic heterocycles. The third-order valence-electron chi connectivity index (χ3n) is 3.33. The summed E-state index contributed by atoms with van der Waals surface area (Å²) in [5, 5.41) is 12.1. The lowest BCUT2D eigenvalue weighted by molar-refractivity contribution is 0.0697. The van der Waals surface area contributed by atoms with Gasteiger partial charge in [0.05, 0.1) is 5.56 Å². The zero-order valence-corrected chi connectivity index (χ0v) is 12.1. The van der Waals surface area contributed by atoms with E-state index in [0.717, 1.165) is 25.2 Å². The molecule has 2 N–H and O–H groups in total. The van der Waals surface area contributed by atoms with Gasteiger partial charge >= 0.3 is 5.97 Å². The average Bonchev–Trinajstić information content (AvgIpc) is 2.52. The van der Waals surface area contributed by atoms with Crippen molar-refractivity contribution in [2.75, 3.05) is 30.4 Å². The molecule has 0 aliphatic heterocycles. The van der Waals surface area contributed by atoms with Crippen molar-refractivity contribution in [3.05, 3.63) is 60.2 Å². The minimum atomic E-state index is -0.897. The topological polar surface area (TPSA) is 52.6 Å². The highest BCUT2D eigenvalue weighted by molar-refractivity contribution is 5.87. The predicted octanol–water partition coefficient (Wildman–Crippen LogP) is 3.32. The maximum absolute atomic E-state index is 10.8. The van der Waals surface area contributed by atoms with Gasteiger partial charge in [-0.3, -0.25) is 0 Å². The maximum Gasteiger partial charge on any atom is 0.335 e. The lowest BCUT2D eigenvalue weighted by Crippen LogP contribution is -2.20. The van der Waals surface area contributed by atoms with Gasteiger partial charge in [0, 0.05) is 31.5 Å². The van der Waals surface area contributed by atoms with Gasteiger partial charge in [-0.15, -0.1) is 0 Å². The molecule has 4 nitrogen and oxygen atoms in total. The Labute approximate surface area is 125 Å². The van der Waals surface area contributed by atoms with Gasteiger partial charge < -0.3 is 15.3 Å². The van der Waals surface area contributed by atoms with Gasteiger partial charge in [0.2, 0.25) is 0 Å². The molecule has 0 amide bonds. The normalized spacial score (nSPS) is 10.1. The summed E-state index contributed by atoms with van der Waals surface area (Å²) in [6, 6.07) is 17.1. The molecule has 0 saturated heterocycles. The number of carbonyl (C=O) groups is 1. The van der Waals surface area contributed by atoms with Crippen LogP contribution in [0.2, 0.25) is 0 Å². The standard InChI is InChI=1S/C17H20N2O2/c1-19(16-6-3-2-4-7-16)13-5-12-18-15-10-8-14(9-11-15)17(20)21/h2-4,6-11,18H,5,12-13H2,1H3,(H,20,21). The van der Waals surface area contributed by atoms with E-state index in [1.165, 1.54) is 5.69 Å². The summed E-state index contributed by atoms with van der Waals surface area (Å²) >= 11 is 0. The van der Waals surface area contributed by atoms with Gasteiger partial charge in [-0.25, -0.2) is 4.79 Å². The second kappa shape index (κ2) is 7.33. The summed E-state index contributed by atoms with van der Waals surface area (Å²) in [6.45, 7) is 1.81. The molecule has 0 radical (unpaired) electrons. The molecule has 2 rings (SSSR count). The number of nitrogens with one attached hydrogen (secondary N) is 1. The Morgan fingerprint density at radius 3 is 2.38 bits per heavy atom. The summed E-state index contributed by atoms with van der Waals surface area (Å²) in [6.07, 6.45) is 1.01. The number of carboxylic acids is 1.